The van der Waals surface area contributed by atoms with Crippen LogP contribution in [0.25, 0.3) is 0 Å². The number of amides is 1. The average Bonchev–Trinajstić information content (AvgIpc) is 2.57. The van der Waals surface area contributed by atoms with Crippen LogP contribution in [0.4, 0.5) is 0 Å². The fraction of sp³-hybridized carbons (Fsp3) is 0.611. The molecule has 1 heterocycles. The van der Waals surface area contributed by atoms with Gasteiger partial charge in [0.25, 0.3) is 5.91 Å². The largest absolute Gasteiger partial charge is 0.351 e. The van der Waals surface area contributed by atoms with Crippen molar-refractivity contribution in [1.29, 1.82) is 0 Å². The molecular formula is C18H29N3O3S. The van der Waals surface area contributed by atoms with Crippen LogP contribution in [-0.4, -0.2) is 51.9 Å². The van der Waals surface area contributed by atoms with Gasteiger partial charge in [0, 0.05) is 31.7 Å². The second-order valence-corrected chi connectivity index (χ2v) is 8.77. The Hall–Kier alpha value is -1.44. The van der Waals surface area contributed by atoms with Crippen molar-refractivity contribution in [1.82, 2.24) is 14.9 Å². The lowest BCUT2D eigenvalue weighted by molar-refractivity contribution is 0.0954. The zero-order valence-electron chi connectivity index (χ0n) is 15.6. The van der Waals surface area contributed by atoms with Crippen molar-refractivity contribution in [2.45, 2.75) is 38.5 Å². The predicted molar refractivity (Wildman–Crippen MR) is 99.3 cm³/mol. The van der Waals surface area contributed by atoms with Crippen molar-refractivity contribution in [3.63, 3.8) is 0 Å². The van der Waals surface area contributed by atoms with Crippen LogP contribution in [0.3, 0.4) is 0 Å². The molecule has 1 saturated heterocycles. The molecule has 1 amide bonds. The van der Waals surface area contributed by atoms with E-state index < -0.39 is 10.0 Å². The molecule has 140 valence electrons. The molecule has 0 saturated carbocycles. The van der Waals surface area contributed by atoms with E-state index in [-0.39, 0.29) is 10.8 Å². The summed E-state index contributed by atoms with van der Waals surface area (Å²) < 4.78 is 27.7. The molecule has 1 aliphatic heterocycles. The first-order valence-corrected chi connectivity index (χ1v) is 10.3. The summed E-state index contributed by atoms with van der Waals surface area (Å²) >= 11 is 0. The van der Waals surface area contributed by atoms with Crippen LogP contribution in [0, 0.1) is 19.8 Å². The third kappa shape index (κ3) is 4.59. The molecular weight excluding hydrogens is 338 g/mol. The van der Waals surface area contributed by atoms with E-state index in [2.05, 4.69) is 17.6 Å². The molecule has 7 heteroatoms. The third-order valence-electron chi connectivity index (χ3n) is 4.90. The summed E-state index contributed by atoms with van der Waals surface area (Å²) in [5, 5.41) is 5.76. The van der Waals surface area contributed by atoms with E-state index in [0.29, 0.717) is 43.2 Å². The summed E-state index contributed by atoms with van der Waals surface area (Å²) in [6.45, 7) is 8.03. The summed E-state index contributed by atoms with van der Waals surface area (Å²) in [7, 11) is -1.77. The van der Waals surface area contributed by atoms with Gasteiger partial charge in [0.15, 0.2) is 0 Å². The minimum atomic E-state index is -3.58. The topological polar surface area (TPSA) is 78.5 Å². The van der Waals surface area contributed by atoms with E-state index in [4.69, 9.17) is 0 Å². The van der Waals surface area contributed by atoms with E-state index in [1.807, 2.05) is 14.0 Å². The number of carbonyl (C=O) groups is 1. The van der Waals surface area contributed by atoms with Crippen LogP contribution in [0.5, 0.6) is 0 Å². The van der Waals surface area contributed by atoms with E-state index in [0.717, 1.165) is 18.4 Å². The van der Waals surface area contributed by atoms with Crippen molar-refractivity contribution in [2.75, 3.05) is 33.2 Å². The SMILES string of the molecule is CNCCNC(=O)c1cc(C)c(C)c(S(=O)(=O)N2CCC(C)CC2)c1. The summed E-state index contributed by atoms with van der Waals surface area (Å²) in [6, 6.07) is 3.27. The number of hydrogen-bond acceptors (Lipinski definition) is 4. The highest BCUT2D eigenvalue weighted by molar-refractivity contribution is 7.89. The second kappa shape index (κ2) is 8.29. The summed E-state index contributed by atoms with van der Waals surface area (Å²) in [6.07, 6.45) is 1.75. The third-order valence-corrected chi connectivity index (χ3v) is 6.93. The molecule has 2 N–H and O–H groups in total. The van der Waals surface area contributed by atoms with E-state index in [1.165, 1.54) is 6.07 Å². The van der Waals surface area contributed by atoms with E-state index >= 15 is 0 Å². The first-order chi connectivity index (χ1) is 11.8. The van der Waals surface area contributed by atoms with Crippen LogP contribution in [-0.2, 0) is 10.0 Å². The fourth-order valence-corrected chi connectivity index (χ4v) is 4.79. The van der Waals surface area contributed by atoms with Gasteiger partial charge in [-0.3, -0.25) is 4.79 Å². The quantitative estimate of drug-likeness (QED) is 0.750. The number of nitrogens with zero attached hydrogens (tertiary/aromatic N) is 1. The molecule has 0 aliphatic carbocycles. The molecule has 0 radical (unpaired) electrons. The normalized spacial score (nSPS) is 16.8. The maximum absolute atomic E-state index is 13.1. The van der Waals surface area contributed by atoms with Crippen molar-refractivity contribution in [2.24, 2.45) is 5.92 Å². The van der Waals surface area contributed by atoms with Crippen LogP contribution < -0.4 is 10.6 Å². The maximum Gasteiger partial charge on any atom is 0.251 e. The molecule has 1 fully saturated rings. The lowest BCUT2D eigenvalue weighted by atomic mass is 10.0. The molecule has 0 atom stereocenters. The van der Waals surface area contributed by atoms with E-state index in [9.17, 15) is 13.2 Å². The molecule has 1 aromatic carbocycles. The predicted octanol–water partition coefficient (Wildman–Crippen LogP) is 1.67. The van der Waals surface area contributed by atoms with Gasteiger partial charge in [-0.2, -0.15) is 4.31 Å². The summed E-state index contributed by atoms with van der Waals surface area (Å²) in [5.41, 5.74) is 1.92. The number of benzene rings is 1. The molecule has 0 spiro atoms. The Morgan fingerprint density at radius 3 is 2.44 bits per heavy atom. The molecule has 2 rings (SSSR count). The highest BCUT2D eigenvalue weighted by Gasteiger charge is 2.30. The van der Waals surface area contributed by atoms with E-state index in [1.54, 1.807) is 17.3 Å². The lowest BCUT2D eigenvalue weighted by Gasteiger charge is -2.30. The van der Waals surface area contributed by atoms with Gasteiger partial charge in [0.1, 0.15) is 0 Å². The molecule has 1 aromatic rings. The average molecular weight is 368 g/mol. The van der Waals surface area contributed by atoms with Gasteiger partial charge in [0.2, 0.25) is 10.0 Å². The van der Waals surface area contributed by atoms with Crippen LogP contribution in [0.2, 0.25) is 0 Å². The highest BCUT2D eigenvalue weighted by atomic mass is 32.2. The number of nitrogens with one attached hydrogen (secondary N) is 2. The molecule has 25 heavy (non-hydrogen) atoms. The van der Waals surface area contributed by atoms with Crippen molar-refractivity contribution in [3.05, 3.63) is 28.8 Å². The number of rotatable bonds is 6. The van der Waals surface area contributed by atoms with Crippen LogP contribution in [0.1, 0.15) is 41.3 Å². The van der Waals surface area contributed by atoms with Gasteiger partial charge in [-0.1, -0.05) is 6.92 Å². The number of sulfonamides is 1. The highest BCUT2D eigenvalue weighted by Crippen LogP contribution is 2.27. The van der Waals surface area contributed by atoms with Crippen molar-refractivity contribution in [3.8, 4) is 0 Å². The minimum Gasteiger partial charge on any atom is -0.351 e. The van der Waals surface area contributed by atoms with Crippen molar-refractivity contribution < 1.29 is 13.2 Å². The number of carbonyl (C=O) groups excluding carboxylic acids is 1. The maximum atomic E-state index is 13.1. The zero-order valence-corrected chi connectivity index (χ0v) is 16.4. The molecule has 0 unspecified atom stereocenters. The molecule has 6 nitrogen and oxygen atoms in total. The lowest BCUT2D eigenvalue weighted by Crippen LogP contribution is -2.38. The zero-order chi connectivity index (χ0) is 18.6. The Morgan fingerprint density at radius 1 is 1.20 bits per heavy atom. The number of aryl methyl sites for hydroxylation is 1. The minimum absolute atomic E-state index is 0.248. The van der Waals surface area contributed by atoms with Gasteiger partial charge in [-0.05, 0) is 62.9 Å². The smallest absolute Gasteiger partial charge is 0.251 e. The Kier molecular flexibility index (Phi) is 6.59. The number of hydrogen-bond donors (Lipinski definition) is 2. The van der Waals surface area contributed by atoms with Crippen LogP contribution in [0.15, 0.2) is 17.0 Å². The molecule has 0 bridgehead atoms. The Labute approximate surface area is 151 Å². The van der Waals surface area contributed by atoms with Gasteiger partial charge >= 0.3 is 0 Å². The monoisotopic (exact) mass is 367 g/mol. The van der Waals surface area contributed by atoms with Gasteiger partial charge in [0.05, 0.1) is 4.90 Å². The molecule has 0 aromatic heterocycles. The fourth-order valence-electron chi connectivity index (χ4n) is 2.99. The number of likely N-dealkylation sites (N-methyl/N-ethyl adjacent to an activating group) is 1. The molecule has 1 aliphatic rings. The second-order valence-electron chi connectivity index (χ2n) is 6.86. The van der Waals surface area contributed by atoms with Crippen molar-refractivity contribution >= 4 is 15.9 Å². The summed E-state index contributed by atoms with van der Waals surface area (Å²) in [5.74, 6) is 0.306. The van der Waals surface area contributed by atoms with Gasteiger partial charge in [-0.25, -0.2) is 8.42 Å². The Bertz CT molecular complexity index is 723. The summed E-state index contributed by atoms with van der Waals surface area (Å²) in [4.78, 5) is 12.6. The first kappa shape index (κ1) is 19.9. The number of piperidine rings is 1. The van der Waals surface area contributed by atoms with Gasteiger partial charge < -0.3 is 10.6 Å². The first-order valence-electron chi connectivity index (χ1n) is 8.81. The Balaban J connectivity index is 2.32. The Morgan fingerprint density at radius 2 is 1.84 bits per heavy atom. The standard InChI is InChI=1S/C18H29N3O3S/c1-13-5-9-21(10-6-13)25(23,24)17-12-16(11-14(2)15(17)3)18(22)20-8-7-19-4/h11-13,19H,5-10H2,1-4H3,(H,20,22). The van der Waals surface area contributed by atoms with Gasteiger partial charge in [-0.15, -0.1) is 0 Å². The van der Waals surface area contributed by atoms with Crippen LogP contribution >= 0.6 is 0 Å².